The molecule has 0 atom stereocenters. The van der Waals surface area contributed by atoms with E-state index in [1.807, 2.05) is 0 Å². The molecule has 1 N–H and O–H groups in total. The Morgan fingerprint density at radius 2 is 2.18 bits per heavy atom. The summed E-state index contributed by atoms with van der Waals surface area (Å²) in [6.45, 7) is 3.54. The van der Waals surface area contributed by atoms with Crippen molar-refractivity contribution in [2.45, 2.75) is 13.8 Å². The number of carbonyl (C=O) groups excluding carboxylic acids is 2. The van der Waals surface area contributed by atoms with Crippen LogP contribution < -0.4 is 0 Å². The Balaban J connectivity index is 2.48. The number of ketones is 1. The minimum atomic E-state index is -0.146. The topological polar surface area (TPSA) is 67.8 Å². The summed E-state index contributed by atoms with van der Waals surface area (Å²) in [4.78, 5) is 26.0. The Bertz CT molecular complexity index is 593. The number of nitrogens with zero attached hydrogens (tertiary/aromatic N) is 2. The highest BCUT2D eigenvalue weighted by Crippen LogP contribution is 2.18. The van der Waals surface area contributed by atoms with Gasteiger partial charge >= 0.3 is 0 Å². The largest absolute Gasteiger partial charge is 0.355 e. The van der Waals surface area contributed by atoms with Crippen LogP contribution in [0.4, 0.5) is 0 Å². The van der Waals surface area contributed by atoms with Crippen LogP contribution in [0.5, 0.6) is 0 Å². The van der Waals surface area contributed by atoms with Crippen LogP contribution in [-0.4, -0.2) is 26.8 Å². The summed E-state index contributed by atoms with van der Waals surface area (Å²) < 4.78 is 1.57. The molecule has 0 aliphatic rings. The van der Waals surface area contributed by atoms with E-state index in [-0.39, 0.29) is 5.78 Å². The second-order valence-electron chi connectivity index (χ2n) is 4.01. The van der Waals surface area contributed by atoms with Crippen molar-refractivity contribution in [3.05, 3.63) is 40.5 Å². The Hall–Kier alpha value is -2.17. The molecular weight excluding hydrogens is 218 g/mol. The van der Waals surface area contributed by atoms with Crippen molar-refractivity contribution in [2.75, 3.05) is 0 Å². The fourth-order valence-corrected chi connectivity index (χ4v) is 1.85. The van der Waals surface area contributed by atoms with Gasteiger partial charge in [0, 0.05) is 24.5 Å². The van der Waals surface area contributed by atoms with Crippen LogP contribution >= 0.6 is 0 Å². The number of hydrogen-bond donors (Lipinski definition) is 1. The number of H-pyrrole nitrogens is 1. The summed E-state index contributed by atoms with van der Waals surface area (Å²) in [5, 5.41) is 3.95. The van der Waals surface area contributed by atoms with E-state index in [9.17, 15) is 9.59 Å². The average Bonchev–Trinajstić information content (AvgIpc) is 2.83. The molecule has 17 heavy (non-hydrogen) atoms. The molecule has 0 aliphatic heterocycles. The highest BCUT2D eigenvalue weighted by Gasteiger charge is 2.19. The minimum absolute atomic E-state index is 0.146. The number of aryl methyl sites for hydroxylation is 2. The number of carbonyl (C=O) groups is 2. The van der Waals surface area contributed by atoms with Crippen molar-refractivity contribution < 1.29 is 9.59 Å². The first kappa shape index (κ1) is 11.3. The standard InChI is InChI=1S/C12H13N3O2/c1-7-10(6-16)8(2)14-11(7)12(17)9-4-13-15(3)5-9/h4-6,14H,1-3H3. The SMILES string of the molecule is Cc1[nH]c(C(=O)c2cnn(C)c2)c(C)c1C=O. The molecule has 2 rings (SSSR count). The Labute approximate surface area is 98.5 Å². The van der Waals surface area contributed by atoms with Gasteiger partial charge < -0.3 is 4.98 Å². The molecule has 0 fully saturated rings. The van der Waals surface area contributed by atoms with Crippen molar-refractivity contribution in [2.24, 2.45) is 7.05 Å². The quantitative estimate of drug-likeness (QED) is 0.641. The predicted octanol–water partition coefficient (Wildman–Crippen LogP) is 1.41. The second-order valence-corrected chi connectivity index (χ2v) is 4.01. The van der Waals surface area contributed by atoms with E-state index >= 15 is 0 Å². The summed E-state index contributed by atoms with van der Waals surface area (Å²) in [6.07, 6.45) is 3.93. The van der Waals surface area contributed by atoms with E-state index in [4.69, 9.17) is 0 Å². The van der Waals surface area contributed by atoms with Gasteiger partial charge in [-0.05, 0) is 19.4 Å². The van der Waals surface area contributed by atoms with Crippen LogP contribution in [0, 0.1) is 13.8 Å². The predicted molar refractivity (Wildman–Crippen MR) is 62.3 cm³/mol. The summed E-state index contributed by atoms with van der Waals surface area (Å²) in [6, 6.07) is 0. The zero-order valence-electron chi connectivity index (χ0n) is 9.94. The molecule has 88 valence electrons. The lowest BCUT2D eigenvalue weighted by Gasteiger charge is -1.96. The third-order valence-corrected chi connectivity index (χ3v) is 2.81. The van der Waals surface area contributed by atoms with E-state index < -0.39 is 0 Å². The molecule has 0 unspecified atom stereocenters. The third kappa shape index (κ3) is 1.80. The van der Waals surface area contributed by atoms with Gasteiger partial charge in [-0.3, -0.25) is 14.3 Å². The zero-order chi connectivity index (χ0) is 12.6. The molecule has 2 aromatic rings. The Morgan fingerprint density at radius 3 is 2.65 bits per heavy atom. The zero-order valence-corrected chi connectivity index (χ0v) is 9.94. The van der Waals surface area contributed by atoms with Gasteiger partial charge in [0.05, 0.1) is 17.5 Å². The number of aromatic nitrogens is 3. The van der Waals surface area contributed by atoms with Crippen molar-refractivity contribution in [3.8, 4) is 0 Å². The van der Waals surface area contributed by atoms with Gasteiger partial charge in [-0.15, -0.1) is 0 Å². The molecule has 0 saturated carbocycles. The molecule has 0 amide bonds. The van der Waals surface area contributed by atoms with Crippen LogP contribution in [0.2, 0.25) is 0 Å². The molecule has 0 saturated heterocycles. The Kier molecular flexibility index (Phi) is 2.67. The molecule has 2 aromatic heterocycles. The van der Waals surface area contributed by atoms with Gasteiger partial charge in [0.15, 0.2) is 6.29 Å². The molecule has 0 spiro atoms. The van der Waals surface area contributed by atoms with E-state index in [0.29, 0.717) is 28.1 Å². The van der Waals surface area contributed by atoms with E-state index in [2.05, 4.69) is 10.1 Å². The number of aromatic amines is 1. The molecule has 5 nitrogen and oxygen atoms in total. The summed E-state index contributed by atoms with van der Waals surface area (Å²) in [7, 11) is 1.75. The molecule has 0 bridgehead atoms. The second kappa shape index (κ2) is 4.01. The first-order valence-corrected chi connectivity index (χ1v) is 5.22. The first-order chi connectivity index (χ1) is 8.04. The normalized spacial score (nSPS) is 10.5. The minimum Gasteiger partial charge on any atom is -0.355 e. The van der Waals surface area contributed by atoms with Gasteiger partial charge in [0.1, 0.15) is 0 Å². The van der Waals surface area contributed by atoms with Gasteiger partial charge in [0.25, 0.3) is 0 Å². The smallest absolute Gasteiger partial charge is 0.212 e. The molecule has 0 aliphatic carbocycles. The van der Waals surface area contributed by atoms with Crippen LogP contribution in [0.25, 0.3) is 0 Å². The maximum Gasteiger partial charge on any atom is 0.212 e. The lowest BCUT2D eigenvalue weighted by atomic mass is 10.1. The van der Waals surface area contributed by atoms with Crippen LogP contribution in [0.15, 0.2) is 12.4 Å². The molecule has 5 heteroatoms. The third-order valence-electron chi connectivity index (χ3n) is 2.81. The van der Waals surface area contributed by atoms with E-state index in [1.54, 1.807) is 31.8 Å². The number of rotatable bonds is 3. The fraction of sp³-hybridized carbons (Fsp3) is 0.250. The maximum absolute atomic E-state index is 12.2. The highest BCUT2D eigenvalue weighted by molar-refractivity contribution is 6.09. The summed E-state index contributed by atoms with van der Waals surface area (Å²) >= 11 is 0. The number of hydrogen-bond acceptors (Lipinski definition) is 3. The average molecular weight is 231 g/mol. The monoisotopic (exact) mass is 231 g/mol. The molecule has 0 radical (unpaired) electrons. The lowest BCUT2D eigenvalue weighted by Crippen LogP contribution is -2.02. The maximum atomic E-state index is 12.2. The van der Waals surface area contributed by atoms with Crippen molar-refractivity contribution in [1.82, 2.24) is 14.8 Å². The summed E-state index contributed by atoms with van der Waals surface area (Å²) in [5.74, 6) is -0.146. The first-order valence-electron chi connectivity index (χ1n) is 5.22. The van der Waals surface area contributed by atoms with Crippen molar-refractivity contribution in [1.29, 1.82) is 0 Å². The summed E-state index contributed by atoms with van der Waals surface area (Å²) in [5.41, 5.74) is 2.92. The van der Waals surface area contributed by atoms with Crippen molar-refractivity contribution >= 4 is 12.1 Å². The van der Waals surface area contributed by atoms with Gasteiger partial charge in [0.2, 0.25) is 5.78 Å². The fourth-order valence-electron chi connectivity index (χ4n) is 1.85. The molecular formula is C12H13N3O2. The van der Waals surface area contributed by atoms with Crippen LogP contribution in [-0.2, 0) is 7.05 Å². The number of nitrogens with one attached hydrogen (secondary N) is 1. The Morgan fingerprint density at radius 1 is 1.47 bits per heavy atom. The molecule has 2 heterocycles. The van der Waals surface area contributed by atoms with Crippen LogP contribution in [0.1, 0.15) is 37.7 Å². The van der Waals surface area contributed by atoms with E-state index in [1.165, 1.54) is 6.20 Å². The lowest BCUT2D eigenvalue weighted by molar-refractivity contribution is 0.103. The van der Waals surface area contributed by atoms with Gasteiger partial charge in [-0.25, -0.2) is 0 Å². The number of aldehydes is 1. The van der Waals surface area contributed by atoms with E-state index in [0.717, 1.165) is 6.29 Å². The van der Waals surface area contributed by atoms with Crippen molar-refractivity contribution in [3.63, 3.8) is 0 Å². The van der Waals surface area contributed by atoms with Crippen LogP contribution in [0.3, 0.4) is 0 Å². The molecule has 0 aromatic carbocycles. The van der Waals surface area contributed by atoms with Gasteiger partial charge in [-0.2, -0.15) is 5.10 Å². The highest BCUT2D eigenvalue weighted by atomic mass is 16.1. The van der Waals surface area contributed by atoms with Gasteiger partial charge in [-0.1, -0.05) is 0 Å².